The molecule has 96 valence electrons. The summed E-state index contributed by atoms with van der Waals surface area (Å²) in [7, 11) is 0. The standard InChI is InChI=1S/C10H19N5O2/c1-4-5-6-16-9-12-8(15-11)13-10(14-9)17-7(2)3/h7H,4-6,11H2,1-3H3,(H,12,13,14,15). The predicted octanol–water partition coefficient (Wildman–Crippen LogP) is 1.12. The summed E-state index contributed by atoms with van der Waals surface area (Å²) >= 11 is 0. The second-order valence-electron chi connectivity index (χ2n) is 3.74. The summed E-state index contributed by atoms with van der Waals surface area (Å²) in [5, 5.41) is 0. The molecule has 0 saturated carbocycles. The smallest absolute Gasteiger partial charge is 0.324 e. The van der Waals surface area contributed by atoms with E-state index in [1.165, 1.54) is 0 Å². The summed E-state index contributed by atoms with van der Waals surface area (Å²) in [6.45, 7) is 6.41. The van der Waals surface area contributed by atoms with E-state index in [0.29, 0.717) is 6.61 Å². The molecule has 1 rings (SSSR count). The van der Waals surface area contributed by atoms with Gasteiger partial charge in [-0.25, -0.2) is 5.84 Å². The molecule has 0 unspecified atom stereocenters. The molecule has 0 aliphatic rings. The molecule has 1 aromatic rings. The Morgan fingerprint density at radius 2 is 1.94 bits per heavy atom. The minimum Gasteiger partial charge on any atom is -0.463 e. The summed E-state index contributed by atoms with van der Waals surface area (Å²) in [6, 6.07) is 0.423. The van der Waals surface area contributed by atoms with Gasteiger partial charge in [-0.3, -0.25) is 5.43 Å². The van der Waals surface area contributed by atoms with E-state index in [0.717, 1.165) is 12.8 Å². The van der Waals surface area contributed by atoms with E-state index in [9.17, 15) is 0 Å². The highest BCUT2D eigenvalue weighted by Gasteiger charge is 2.09. The third kappa shape index (κ3) is 4.81. The predicted molar refractivity (Wildman–Crippen MR) is 63.8 cm³/mol. The quantitative estimate of drug-likeness (QED) is 0.419. The lowest BCUT2D eigenvalue weighted by Crippen LogP contribution is -2.15. The van der Waals surface area contributed by atoms with Crippen molar-refractivity contribution in [3.8, 4) is 12.0 Å². The van der Waals surface area contributed by atoms with Crippen LogP contribution in [0.5, 0.6) is 12.0 Å². The van der Waals surface area contributed by atoms with Gasteiger partial charge in [-0.1, -0.05) is 13.3 Å². The number of rotatable bonds is 7. The highest BCUT2D eigenvalue weighted by Crippen LogP contribution is 2.13. The van der Waals surface area contributed by atoms with E-state index in [1.54, 1.807) is 0 Å². The summed E-state index contributed by atoms with van der Waals surface area (Å²) in [5.74, 6) is 5.48. The van der Waals surface area contributed by atoms with Gasteiger partial charge in [0.15, 0.2) is 0 Å². The Bertz CT molecular complexity index is 345. The van der Waals surface area contributed by atoms with Crippen LogP contribution < -0.4 is 20.7 Å². The average molecular weight is 241 g/mol. The molecule has 0 aliphatic heterocycles. The minimum atomic E-state index is -0.0217. The van der Waals surface area contributed by atoms with E-state index in [-0.39, 0.29) is 24.1 Å². The molecule has 0 radical (unpaired) electrons. The molecule has 3 N–H and O–H groups in total. The van der Waals surface area contributed by atoms with Gasteiger partial charge in [-0.15, -0.1) is 4.98 Å². The molecule has 0 aromatic carbocycles. The first-order chi connectivity index (χ1) is 8.15. The number of nitrogens with two attached hydrogens (primary N) is 1. The Labute approximate surface area is 101 Å². The fraction of sp³-hybridized carbons (Fsp3) is 0.700. The van der Waals surface area contributed by atoms with Crippen molar-refractivity contribution < 1.29 is 9.47 Å². The van der Waals surface area contributed by atoms with Crippen LogP contribution in [0, 0.1) is 0 Å². The van der Waals surface area contributed by atoms with Gasteiger partial charge in [0, 0.05) is 0 Å². The number of hydrogen-bond donors (Lipinski definition) is 2. The monoisotopic (exact) mass is 241 g/mol. The number of anilines is 1. The molecule has 0 spiro atoms. The van der Waals surface area contributed by atoms with Crippen LogP contribution in [0.4, 0.5) is 5.95 Å². The van der Waals surface area contributed by atoms with Gasteiger partial charge < -0.3 is 9.47 Å². The van der Waals surface area contributed by atoms with Crippen molar-refractivity contribution in [2.75, 3.05) is 12.0 Å². The summed E-state index contributed by atoms with van der Waals surface area (Å²) in [6.07, 6.45) is 1.96. The second-order valence-corrected chi connectivity index (χ2v) is 3.74. The number of hydrogen-bond acceptors (Lipinski definition) is 7. The molecule has 1 heterocycles. The lowest BCUT2D eigenvalue weighted by atomic mass is 10.4. The van der Waals surface area contributed by atoms with Crippen LogP contribution in [0.1, 0.15) is 33.6 Å². The zero-order chi connectivity index (χ0) is 12.7. The molecule has 0 amide bonds. The van der Waals surface area contributed by atoms with Crippen LogP contribution in [0.2, 0.25) is 0 Å². The molecular formula is C10H19N5O2. The number of aromatic nitrogens is 3. The van der Waals surface area contributed by atoms with Crippen LogP contribution in [-0.2, 0) is 0 Å². The van der Waals surface area contributed by atoms with Crippen molar-refractivity contribution in [3.05, 3.63) is 0 Å². The number of nitrogens with one attached hydrogen (secondary N) is 1. The third-order valence-electron chi connectivity index (χ3n) is 1.79. The fourth-order valence-corrected chi connectivity index (χ4v) is 1.04. The van der Waals surface area contributed by atoms with Crippen LogP contribution in [0.15, 0.2) is 0 Å². The maximum atomic E-state index is 5.37. The van der Waals surface area contributed by atoms with Crippen LogP contribution in [0.3, 0.4) is 0 Å². The van der Waals surface area contributed by atoms with E-state index >= 15 is 0 Å². The SMILES string of the molecule is CCCCOc1nc(NN)nc(OC(C)C)n1. The van der Waals surface area contributed by atoms with E-state index in [2.05, 4.69) is 27.3 Å². The fourth-order valence-electron chi connectivity index (χ4n) is 1.04. The van der Waals surface area contributed by atoms with E-state index < -0.39 is 0 Å². The lowest BCUT2D eigenvalue weighted by Gasteiger charge is -2.10. The van der Waals surface area contributed by atoms with Gasteiger partial charge >= 0.3 is 12.0 Å². The molecule has 0 aliphatic carbocycles. The van der Waals surface area contributed by atoms with Crippen LogP contribution in [0.25, 0.3) is 0 Å². The number of ether oxygens (including phenoxy) is 2. The highest BCUT2D eigenvalue weighted by molar-refractivity contribution is 5.25. The molecule has 0 bridgehead atoms. The molecule has 7 heteroatoms. The maximum Gasteiger partial charge on any atom is 0.324 e. The summed E-state index contributed by atoms with van der Waals surface area (Å²) in [5.41, 5.74) is 2.35. The number of nitrogen functional groups attached to an aromatic ring is 1. The first-order valence-corrected chi connectivity index (χ1v) is 5.67. The highest BCUT2D eigenvalue weighted by atomic mass is 16.5. The molecular weight excluding hydrogens is 222 g/mol. The van der Waals surface area contributed by atoms with Gasteiger partial charge in [0.2, 0.25) is 5.95 Å². The second kappa shape index (κ2) is 6.85. The van der Waals surface area contributed by atoms with Gasteiger partial charge in [-0.2, -0.15) is 9.97 Å². The summed E-state index contributed by atoms with van der Waals surface area (Å²) < 4.78 is 10.7. The molecule has 1 aromatic heterocycles. The third-order valence-corrected chi connectivity index (χ3v) is 1.79. The lowest BCUT2D eigenvalue weighted by molar-refractivity contribution is 0.212. The normalized spacial score (nSPS) is 10.4. The zero-order valence-electron chi connectivity index (χ0n) is 10.4. The van der Waals surface area contributed by atoms with Gasteiger partial charge in [0.05, 0.1) is 12.7 Å². The number of unbranched alkanes of at least 4 members (excludes halogenated alkanes) is 1. The average Bonchev–Trinajstić information content (AvgIpc) is 2.28. The Hall–Kier alpha value is -1.63. The van der Waals surface area contributed by atoms with Crippen molar-refractivity contribution >= 4 is 5.95 Å². The van der Waals surface area contributed by atoms with Gasteiger partial charge in [-0.05, 0) is 20.3 Å². The minimum absolute atomic E-state index is 0.0217. The Morgan fingerprint density at radius 1 is 1.24 bits per heavy atom. The largest absolute Gasteiger partial charge is 0.463 e. The van der Waals surface area contributed by atoms with Crippen LogP contribution >= 0.6 is 0 Å². The maximum absolute atomic E-state index is 5.37. The van der Waals surface area contributed by atoms with Crippen molar-refractivity contribution in [2.24, 2.45) is 5.84 Å². The van der Waals surface area contributed by atoms with Gasteiger partial charge in [0.25, 0.3) is 0 Å². The Morgan fingerprint density at radius 3 is 2.53 bits per heavy atom. The molecule has 7 nitrogen and oxygen atoms in total. The van der Waals surface area contributed by atoms with E-state index in [1.807, 2.05) is 13.8 Å². The first-order valence-electron chi connectivity index (χ1n) is 5.67. The van der Waals surface area contributed by atoms with Gasteiger partial charge in [0.1, 0.15) is 0 Å². The number of hydrazine groups is 1. The van der Waals surface area contributed by atoms with Crippen LogP contribution in [-0.4, -0.2) is 27.7 Å². The van der Waals surface area contributed by atoms with Crippen molar-refractivity contribution in [1.29, 1.82) is 0 Å². The molecule has 0 saturated heterocycles. The van der Waals surface area contributed by atoms with Crippen molar-refractivity contribution in [1.82, 2.24) is 15.0 Å². The Kier molecular flexibility index (Phi) is 5.41. The van der Waals surface area contributed by atoms with Crippen molar-refractivity contribution in [3.63, 3.8) is 0 Å². The molecule has 0 fully saturated rings. The Balaban J connectivity index is 2.74. The first kappa shape index (κ1) is 13.4. The zero-order valence-corrected chi connectivity index (χ0v) is 10.4. The topological polar surface area (TPSA) is 95.2 Å². The van der Waals surface area contributed by atoms with E-state index in [4.69, 9.17) is 15.3 Å². The van der Waals surface area contributed by atoms with Crippen molar-refractivity contribution in [2.45, 2.75) is 39.7 Å². The molecule has 0 atom stereocenters. The number of nitrogens with zero attached hydrogens (tertiary/aromatic N) is 3. The molecule has 17 heavy (non-hydrogen) atoms. The summed E-state index contributed by atoms with van der Waals surface area (Å²) in [4.78, 5) is 12.0.